The van der Waals surface area contributed by atoms with Crippen LogP contribution in [0.15, 0.2) is 12.2 Å². The lowest BCUT2D eigenvalue weighted by molar-refractivity contribution is -0.870. The zero-order valence-corrected chi connectivity index (χ0v) is 40.9. The lowest BCUT2D eigenvalue weighted by Crippen LogP contribution is -2.45. The number of carbonyl (C=O) groups excluding carboxylic acids is 1. The molecule has 0 radical (unpaired) electrons. The molecule has 0 rings (SSSR count). The minimum absolute atomic E-state index is 0.00219. The molecule has 0 fully saturated rings. The number of unbranched alkanes of at least 4 members (excludes halogenated alkanes) is 34. The van der Waals surface area contributed by atoms with Crippen LogP contribution in [-0.4, -0.2) is 68.5 Å². The Balaban J connectivity index is 4.13. The van der Waals surface area contributed by atoms with Gasteiger partial charge >= 0.3 is 0 Å². The van der Waals surface area contributed by atoms with Crippen molar-refractivity contribution in [2.75, 3.05) is 40.9 Å². The molecule has 3 atom stereocenters. The molecule has 0 saturated heterocycles. The van der Waals surface area contributed by atoms with Crippen LogP contribution in [0.4, 0.5) is 0 Å². The van der Waals surface area contributed by atoms with Crippen molar-refractivity contribution in [2.24, 2.45) is 0 Å². The topological polar surface area (TPSA) is 108 Å². The molecule has 0 aliphatic rings. The number of carbonyl (C=O) groups is 1. The number of amides is 1. The number of rotatable bonds is 47. The number of hydrogen-bond donors (Lipinski definition) is 2. The quantitative estimate of drug-likeness (QED) is 0.0273. The molecule has 0 aromatic carbocycles. The van der Waals surface area contributed by atoms with Crippen molar-refractivity contribution in [2.45, 2.75) is 264 Å². The third-order valence-electron chi connectivity index (χ3n) is 11.7. The first kappa shape index (κ1) is 58.2. The van der Waals surface area contributed by atoms with Crippen LogP contribution in [-0.2, 0) is 18.4 Å². The standard InChI is InChI=1S/C50H101N2O6P/c1-6-8-10-12-14-16-18-20-21-22-23-24-25-26-27-28-29-30-31-32-34-36-38-40-42-44-50(54)51-48(47-58-59(55,56)57-46-45-52(3,4)5)49(53)43-41-39-37-35-33-19-17-15-13-11-9-7-2/h41,43,48-49,53H,6-40,42,44-47H2,1-5H3,(H-,51,54,55,56)/b43-41+. The normalized spacial score (nSPS) is 14.2. The maximum absolute atomic E-state index is 12.9. The van der Waals surface area contributed by atoms with Crippen LogP contribution in [0.1, 0.15) is 251 Å². The van der Waals surface area contributed by atoms with E-state index in [4.69, 9.17) is 9.05 Å². The van der Waals surface area contributed by atoms with Crippen molar-refractivity contribution in [1.82, 2.24) is 5.32 Å². The Morgan fingerprint density at radius 1 is 0.576 bits per heavy atom. The zero-order valence-electron chi connectivity index (χ0n) is 40.0. The van der Waals surface area contributed by atoms with E-state index in [0.29, 0.717) is 17.4 Å². The Labute approximate surface area is 367 Å². The average molecular weight is 857 g/mol. The van der Waals surface area contributed by atoms with Crippen LogP contribution in [0.25, 0.3) is 0 Å². The number of hydrogen-bond acceptors (Lipinski definition) is 6. The highest BCUT2D eigenvalue weighted by Crippen LogP contribution is 2.38. The summed E-state index contributed by atoms with van der Waals surface area (Å²) in [7, 11) is 1.27. The van der Waals surface area contributed by atoms with E-state index in [9.17, 15) is 19.4 Å². The maximum Gasteiger partial charge on any atom is 0.268 e. The summed E-state index contributed by atoms with van der Waals surface area (Å²) in [6, 6.07) is -0.880. The van der Waals surface area contributed by atoms with Gasteiger partial charge in [-0.2, -0.15) is 0 Å². The number of aliphatic hydroxyl groups excluding tert-OH is 1. The third kappa shape index (κ3) is 45.1. The summed E-state index contributed by atoms with van der Waals surface area (Å²) in [6.07, 6.45) is 49.9. The van der Waals surface area contributed by atoms with Crippen LogP contribution in [0.2, 0.25) is 0 Å². The van der Waals surface area contributed by atoms with Gasteiger partial charge in [-0.1, -0.05) is 238 Å². The summed E-state index contributed by atoms with van der Waals surface area (Å²) in [4.78, 5) is 25.3. The van der Waals surface area contributed by atoms with E-state index in [0.717, 1.165) is 38.5 Å². The van der Waals surface area contributed by atoms with E-state index in [2.05, 4.69) is 19.2 Å². The second-order valence-electron chi connectivity index (χ2n) is 18.9. The van der Waals surface area contributed by atoms with Gasteiger partial charge in [-0.05, 0) is 19.3 Å². The van der Waals surface area contributed by atoms with E-state index in [-0.39, 0.29) is 19.1 Å². The SMILES string of the molecule is CCCCCCCCCCCC/C=C/C(O)C(COP(=O)([O-])OCC[N+](C)(C)C)NC(=O)CCCCCCCCCCCCCCCCCCCCCCCCCCC. The minimum atomic E-state index is -4.58. The summed E-state index contributed by atoms with van der Waals surface area (Å²) in [6.45, 7) is 4.67. The number of aliphatic hydroxyl groups is 1. The molecule has 0 aromatic rings. The van der Waals surface area contributed by atoms with E-state index in [1.165, 1.54) is 193 Å². The first-order valence-corrected chi connectivity index (χ1v) is 27.0. The Morgan fingerprint density at radius 2 is 0.915 bits per heavy atom. The molecular weight excluding hydrogens is 756 g/mol. The van der Waals surface area contributed by atoms with Crippen LogP contribution in [0, 0.1) is 0 Å². The van der Waals surface area contributed by atoms with Gasteiger partial charge in [0, 0.05) is 6.42 Å². The molecule has 2 N–H and O–H groups in total. The molecule has 0 spiro atoms. The van der Waals surface area contributed by atoms with Gasteiger partial charge in [0.2, 0.25) is 5.91 Å². The molecular formula is C50H101N2O6P. The number of phosphoric acid groups is 1. The molecule has 0 bridgehead atoms. The van der Waals surface area contributed by atoms with Crippen LogP contribution in [0.5, 0.6) is 0 Å². The zero-order chi connectivity index (χ0) is 43.6. The van der Waals surface area contributed by atoms with Crippen molar-refractivity contribution in [1.29, 1.82) is 0 Å². The number of quaternary nitrogens is 1. The number of nitrogens with one attached hydrogen (secondary N) is 1. The van der Waals surface area contributed by atoms with Crippen LogP contribution >= 0.6 is 7.82 Å². The van der Waals surface area contributed by atoms with Crippen molar-refractivity contribution < 1.29 is 32.9 Å². The van der Waals surface area contributed by atoms with E-state index in [1.54, 1.807) is 6.08 Å². The Bertz CT molecular complexity index is 974. The van der Waals surface area contributed by atoms with E-state index < -0.39 is 20.0 Å². The Morgan fingerprint density at radius 3 is 1.27 bits per heavy atom. The highest BCUT2D eigenvalue weighted by molar-refractivity contribution is 7.45. The van der Waals surface area contributed by atoms with Gasteiger partial charge in [-0.25, -0.2) is 0 Å². The molecule has 0 heterocycles. The minimum Gasteiger partial charge on any atom is -0.756 e. The van der Waals surface area contributed by atoms with Gasteiger partial charge < -0.3 is 28.8 Å². The number of nitrogens with zero attached hydrogens (tertiary/aromatic N) is 1. The molecule has 352 valence electrons. The second kappa shape index (κ2) is 42.5. The van der Waals surface area contributed by atoms with Gasteiger partial charge in [-0.15, -0.1) is 0 Å². The third-order valence-corrected chi connectivity index (χ3v) is 12.7. The molecule has 0 aliphatic heterocycles. The van der Waals surface area contributed by atoms with Gasteiger partial charge in [-0.3, -0.25) is 9.36 Å². The molecule has 0 aliphatic carbocycles. The van der Waals surface area contributed by atoms with E-state index in [1.807, 2.05) is 27.2 Å². The maximum atomic E-state index is 12.9. The van der Waals surface area contributed by atoms with Crippen LogP contribution < -0.4 is 10.2 Å². The van der Waals surface area contributed by atoms with Gasteiger partial charge in [0.15, 0.2) is 0 Å². The second-order valence-corrected chi connectivity index (χ2v) is 20.3. The predicted molar refractivity (Wildman–Crippen MR) is 252 cm³/mol. The highest BCUT2D eigenvalue weighted by atomic mass is 31.2. The number of allylic oxidation sites excluding steroid dienone is 1. The molecule has 9 heteroatoms. The monoisotopic (exact) mass is 857 g/mol. The molecule has 0 aromatic heterocycles. The molecule has 0 saturated carbocycles. The largest absolute Gasteiger partial charge is 0.756 e. The van der Waals surface area contributed by atoms with E-state index >= 15 is 0 Å². The summed E-state index contributed by atoms with van der Waals surface area (Å²) in [5.74, 6) is -0.193. The van der Waals surface area contributed by atoms with Gasteiger partial charge in [0.1, 0.15) is 13.2 Å². The number of phosphoric ester groups is 1. The van der Waals surface area contributed by atoms with Crippen molar-refractivity contribution in [3.8, 4) is 0 Å². The van der Waals surface area contributed by atoms with Crippen molar-refractivity contribution in [3.05, 3.63) is 12.2 Å². The van der Waals surface area contributed by atoms with Crippen molar-refractivity contribution >= 4 is 13.7 Å². The molecule has 1 amide bonds. The predicted octanol–water partition coefficient (Wildman–Crippen LogP) is 14.1. The average Bonchev–Trinajstić information content (AvgIpc) is 3.19. The first-order chi connectivity index (χ1) is 28.5. The highest BCUT2D eigenvalue weighted by Gasteiger charge is 2.23. The summed E-state index contributed by atoms with van der Waals surface area (Å²) >= 11 is 0. The Kier molecular flexibility index (Phi) is 42.0. The molecule has 59 heavy (non-hydrogen) atoms. The van der Waals surface area contributed by atoms with Gasteiger partial charge in [0.05, 0.1) is 39.9 Å². The summed E-state index contributed by atoms with van der Waals surface area (Å²) in [5.41, 5.74) is 0. The fourth-order valence-electron chi connectivity index (χ4n) is 7.68. The number of likely N-dealkylation sites (N-methyl/N-ethyl adjacent to an activating group) is 1. The fourth-order valence-corrected chi connectivity index (χ4v) is 8.41. The van der Waals surface area contributed by atoms with Gasteiger partial charge in [0.25, 0.3) is 7.82 Å². The first-order valence-electron chi connectivity index (χ1n) is 25.6. The molecule has 8 nitrogen and oxygen atoms in total. The Hall–Kier alpha value is -0.760. The summed E-state index contributed by atoms with van der Waals surface area (Å²) in [5, 5.41) is 13.8. The van der Waals surface area contributed by atoms with Crippen LogP contribution in [0.3, 0.4) is 0 Å². The molecule has 3 unspecified atom stereocenters. The summed E-state index contributed by atoms with van der Waals surface area (Å²) < 4.78 is 23.2. The smallest absolute Gasteiger partial charge is 0.268 e. The van der Waals surface area contributed by atoms with Crippen molar-refractivity contribution in [3.63, 3.8) is 0 Å². The lowest BCUT2D eigenvalue weighted by Gasteiger charge is -2.29. The lowest BCUT2D eigenvalue weighted by atomic mass is 10.0. The fraction of sp³-hybridized carbons (Fsp3) is 0.940.